The van der Waals surface area contributed by atoms with E-state index in [-0.39, 0.29) is 36.7 Å². The van der Waals surface area contributed by atoms with E-state index in [0.717, 1.165) is 4.90 Å². The molecule has 6 nitrogen and oxygen atoms in total. The van der Waals surface area contributed by atoms with Gasteiger partial charge in [-0.3, -0.25) is 9.59 Å². The highest BCUT2D eigenvalue weighted by atomic mass is 19.3. The number of anilines is 1. The second-order valence-electron chi connectivity index (χ2n) is 5.63. The van der Waals surface area contributed by atoms with Crippen LogP contribution in [0.4, 0.5) is 14.5 Å². The zero-order valence-corrected chi connectivity index (χ0v) is 14.1. The van der Waals surface area contributed by atoms with Gasteiger partial charge in [0.05, 0.1) is 6.54 Å². The number of ether oxygens (including phenoxy) is 1. The van der Waals surface area contributed by atoms with Gasteiger partial charge in [-0.1, -0.05) is 0 Å². The topological polar surface area (TPSA) is 71.9 Å². The van der Waals surface area contributed by atoms with Crippen LogP contribution in [0.1, 0.15) is 20.8 Å². The predicted molar refractivity (Wildman–Crippen MR) is 86.2 cm³/mol. The molecule has 0 saturated heterocycles. The number of carbonyl (C=O) groups excluding carboxylic acids is 2. The third-order valence-electron chi connectivity index (χ3n) is 3.13. The molecule has 0 fully saturated rings. The molecule has 0 saturated carbocycles. The lowest BCUT2D eigenvalue weighted by atomic mass is 10.3. The number of rotatable bonds is 9. The number of nitrogens with one attached hydrogen (secondary N) is 3. The Balaban J connectivity index is 2.49. The van der Waals surface area contributed by atoms with Crippen LogP contribution in [-0.2, 0) is 9.59 Å². The van der Waals surface area contributed by atoms with E-state index in [2.05, 4.69) is 15.4 Å². The predicted octanol–water partition coefficient (Wildman–Crippen LogP) is 0.656. The SMILES string of the molecule is CC[NH+](CC(=O)Nc1ccc(OC(F)F)cc1)CC(=O)NC(C)C. The highest BCUT2D eigenvalue weighted by Crippen LogP contribution is 2.17. The van der Waals surface area contributed by atoms with Crippen LogP contribution in [0.25, 0.3) is 0 Å². The summed E-state index contributed by atoms with van der Waals surface area (Å²) in [6, 6.07) is 5.71. The molecule has 0 spiro atoms. The normalized spacial score (nSPS) is 12.1. The number of benzene rings is 1. The molecule has 0 radical (unpaired) electrons. The molecule has 0 aliphatic rings. The van der Waals surface area contributed by atoms with Crippen molar-refractivity contribution in [3.05, 3.63) is 24.3 Å². The van der Waals surface area contributed by atoms with E-state index in [1.54, 1.807) is 0 Å². The Morgan fingerprint density at radius 1 is 1.12 bits per heavy atom. The summed E-state index contributed by atoms with van der Waals surface area (Å²) in [5, 5.41) is 5.45. The van der Waals surface area contributed by atoms with E-state index < -0.39 is 6.61 Å². The van der Waals surface area contributed by atoms with Crippen LogP contribution >= 0.6 is 0 Å². The zero-order chi connectivity index (χ0) is 18.1. The summed E-state index contributed by atoms with van der Waals surface area (Å²) in [5.74, 6) is -0.343. The van der Waals surface area contributed by atoms with E-state index in [1.165, 1.54) is 24.3 Å². The lowest BCUT2D eigenvalue weighted by Gasteiger charge is -2.17. The third kappa shape index (κ3) is 7.87. The minimum absolute atomic E-state index is 0.0224. The van der Waals surface area contributed by atoms with E-state index in [0.29, 0.717) is 12.2 Å². The van der Waals surface area contributed by atoms with Crippen LogP contribution in [0, 0.1) is 0 Å². The van der Waals surface area contributed by atoms with Gasteiger partial charge in [0.15, 0.2) is 13.1 Å². The number of hydrogen-bond acceptors (Lipinski definition) is 3. The molecule has 0 bridgehead atoms. The second-order valence-corrected chi connectivity index (χ2v) is 5.63. The monoisotopic (exact) mass is 344 g/mol. The lowest BCUT2D eigenvalue weighted by molar-refractivity contribution is -0.881. The van der Waals surface area contributed by atoms with Crippen molar-refractivity contribution in [2.24, 2.45) is 0 Å². The van der Waals surface area contributed by atoms with Gasteiger partial charge in [0.1, 0.15) is 5.75 Å². The fraction of sp³-hybridized carbons (Fsp3) is 0.500. The minimum Gasteiger partial charge on any atom is -0.435 e. The number of amides is 2. The fourth-order valence-electron chi connectivity index (χ4n) is 2.06. The molecule has 1 unspecified atom stereocenters. The summed E-state index contributed by atoms with van der Waals surface area (Å²) in [6.45, 7) is 3.72. The van der Waals surface area contributed by atoms with Gasteiger partial charge in [-0.05, 0) is 45.0 Å². The first-order chi connectivity index (χ1) is 11.3. The van der Waals surface area contributed by atoms with Gasteiger partial charge in [0.2, 0.25) is 0 Å². The number of alkyl halides is 2. The van der Waals surface area contributed by atoms with Crippen molar-refractivity contribution >= 4 is 17.5 Å². The zero-order valence-electron chi connectivity index (χ0n) is 14.1. The van der Waals surface area contributed by atoms with E-state index in [9.17, 15) is 18.4 Å². The molecule has 0 aromatic heterocycles. The minimum atomic E-state index is -2.89. The van der Waals surface area contributed by atoms with Gasteiger partial charge in [-0.15, -0.1) is 0 Å². The number of quaternary nitrogens is 1. The van der Waals surface area contributed by atoms with Gasteiger partial charge in [0.25, 0.3) is 11.8 Å². The molecule has 8 heteroatoms. The Kier molecular flexibility index (Phi) is 8.11. The van der Waals surface area contributed by atoms with Crippen LogP contribution in [0.15, 0.2) is 24.3 Å². The van der Waals surface area contributed by atoms with Gasteiger partial charge in [-0.2, -0.15) is 8.78 Å². The first-order valence-corrected chi connectivity index (χ1v) is 7.77. The van der Waals surface area contributed by atoms with Crippen molar-refractivity contribution in [1.82, 2.24) is 5.32 Å². The quantitative estimate of drug-likeness (QED) is 0.616. The molecule has 24 heavy (non-hydrogen) atoms. The Labute approximate surface area is 140 Å². The summed E-state index contributed by atoms with van der Waals surface area (Å²) < 4.78 is 28.4. The molecule has 0 aliphatic carbocycles. The molecule has 1 atom stereocenters. The van der Waals surface area contributed by atoms with Gasteiger partial charge in [0, 0.05) is 11.7 Å². The smallest absolute Gasteiger partial charge is 0.387 e. The van der Waals surface area contributed by atoms with Crippen LogP contribution in [-0.4, -0.2) is 44.1 Å². The third-order valence-corrected chi connectivity index (χ3v) is 3.13. The molecule has 3 N–H and O–H groups in total. The Morgan fingerprint density at radius 3 is 2.21 bits per heavy atom. The van der Waals surface area contributed by atoms with E-state index >= 15 is 0 Å². The number of carbonyl (C=O) groups is 2. The van der Waals surface area contributed by atoms with Crippen molar-refractivity contribution in [3.8, 4) is 5.75 Å². The largest absolute Gasteiger partial charge is 0.435 e. The Bertz CT molecular complexity index is 536. The van der Waals surface area contributed by atoms with Crippen LogP contribution in [0.3, 0.4) is 0 Å². The van der Waals surface area contributed by atoms with Crippen LogP contribution < -0.4 is 20.3 Å². The second kappa shape index (κ2) is 9.82. The molecule has 134 valence electrons. The highest BCUT2D eigenvalue weighted by Gasteiger charge is 2.17. The van der Waals surface area contributed by atoms with Crippen molar-refractivity contribution in [2.75, 3.05) is 25.0 Å². The molecular formula is C16H24F2N3O3+. The average molecular weight is 344 g/mol. The number of halogens is 2. The molecule has 1 aromatic rings. The maximum Gasteiger partial charge on any atom is 0.387 e. The molecule has 0 heterocycles. The van der Waals surface area contributed by atoms with Gasteiger partial charge < -0.3 is 20.3 Å². The molecule has 1 rings (SSSR count). The number of likely N-dealkylation sites (N-methyl/N-ethyl adjacent to an activating group) is 1. The van der Waals surface area contributed by atoms with Gasteiger partial charge in [-0.25, -0.2) is 0 Å². The van der Waals surface area contributed by atoms with E-state index in [4.69, 9.17) is 0 Å². The summed E-state index contributed by atoms with van der Waals surface area (Å²) in [6.07, 6.45) is 0. The standard InChI is InChI=1S/C16H23F2N3O3/c1-4-21(9-14(22)19-11(2)3)10-15(23)20-12-5-7-13(8-6-12)24-16(17)18/h5-8,11,16H,4,9-10H2,1-3H3,(H,19,22)(H,20,23)/p+1. The van der Waals surface area contributed by atoms with E-state index in [1.807, 2.05) is 20.8 Å². The molecule has 2 amide bonds. The Morgan fingerprint density at radius 2 is 1.71 bits per heavy atom. The van der Waals surface area contributed by atoms with Crippen LogP contribution in [0.2, 0.25) is 0 Å². The van der Waals surface area contributed by atoms with Crippen molar-refractivity contribution < 1.29 is 28.0 Å². The van der Waals surface area contributed by atoms with Crippen molar-refractivity contribution in [3.63, 3.8) is 0 Å². The van der Waals surface area contributed by atoms with Gasteiger partial charge >= 0.3 is 6.61 Å². The van der Waals surface area contributed by atoms with Crippen LogP contribution in [0.5, 0.6) is 5.75 Å². The number of hydrogen-bond donors (Lipinski definition) is 3. The van der Waals surface area contributed by atoms with Crippen molar-refractivity contribution in [1.29, 1.82) is 0 Å². The van der Waals surface area contributed by atoms with Crippen molar-refractivity contribution in [2.45, 2.75) is 33.4 Å². The fourth-order valence-corrected chi connectivity index (χ4v) is 2.06. The molecule has 0 aliphatic heterocycles. The maximum absolute atomic E-state index is 12.1. The first kappa shape index (κ1) is 19.8. The summed E-state index contributed by atoms with van der Waals surface area (Å²) in [4.78, 5) is 24.6. The lowest BCUT2D eigenvalue weighted by Crippen LogP contribution is -3.14. The highest BCUT2D eigenvalue weighted by molar-refractivity contribution is 5.91. The Hall–Kier alpha value is -2.22. The maximum atomic E-state index is 12.1. The average Bonchev–Trinajstić information content (AvgIpc) is 2.47. The summed E-state index contributed by atoms with van der Waals surface area (Å²) in [5.41, 5.74) is 0.476. The summed E-state index contributed by atoms with van der Waals surface area (Å²) in [7, 11) is 0. The first-order valence-electron chi connectivity index (χ1n) is 7.77. The molecular weight excluding hydrogens is 320 g/mol. The summed E-state index contributed by atoms with van der Waals surface area (Å²) >= 11 is 0. The molecule has 1 aromatic carbocycles.